The molecule has 0 spiro atoms. The number of carboxylic acids is 1. The summed E-state index contributed by atoms with van der Waals surface area (Å²) in [4.78, 5) is 11.3. The van der Waals surface area contributed by atoms with Gasteiger partial charge in [0.2, 0.25) is 10.0 Å². The van der Waals surface area contributed by atoms with Gasteiger partial charge in [0.1, 0.15) is 6.04 Å². The van der Waals surface area contributed by atoms with Gasteiger partial charge in [0.25, 0.3) is 0 Å². The largest absolute Gasteiger partial charge is 0.480 e. The van der Waals surface area contributed by atoms with Gasteiger partial charge in [0.05, 0.1) is 11.8 Å². The number of aliphatic carboxylic acids is 1. The maximum Gasteiger partial charge on any atom is 0.322 e. The summed E-state index contributed by atoms with van der Waals surface area (Å²) in [5, 5.41) is 18.0. The molecule has 0 amide bonds. The van der Waals surface area contributed by atoms with Crippen LogP contribution in [-0.2, 0) is 21.2 Å². The molecule has 1 aliphatic carbocycles. The minimum Gasteiger partial charge on any atom is -0.480 e. The van der Waals surface area contributed by atoms with Gasteiger partial charge < -0.3 is 5.11 Å². The van der Waals surface area contributed by atoms with E-state index in [1.165, 1.54) is 0 Å². The van der Waals surface area contributed by atoms with Crippen LogP contribution in [0.25, 0.3) is 0 Å². The predicted molar refractivity (Wildman–Crippen MR) is 80.4 cm³/mol. The lowest BCUT2D eigenvalue weighted by molar-refractivity contribution is -0.138. The quantitative estimate of drug-likeness (QED) is 0.750. The van der Waals surface area contributed by atoms with Gasteiger partial charge in [-0.05, 0) is 30.2 Å². The molecule has 0 heterocycles. The van der Waals surface area contributed by atoms with Gasteiger partial charge in [-0.15, -0.1) is 0 Å². The third kappa shape index (κ3) is 4.55. The van der Waals surface area contributed by atoms with Crippen LogP contribution in [0.4, 0.5) is 0 Å². The van der Waals surface area contributed by atoms with Gasteiger partial charge >= 0.3 is 5.97 Å². The van der Waals surface area contributed by atoms with E-state index < -0.39 is 27.4 Å². The van der Waals surface area contributed by atoms with Crippen LogP contribution in [0.2, 0.25) is 0 Å². The van der Waals surface area contributed by atoms with Crippen molar-refractivity contribution in [2.45, 2.75) is 31.7 Å². The van der Waals surface area contributed by atoms with E-state index in [9.17, 15) is 18.3 Å². The summed E-state index contributed by atoms with van der Waals surface area (Å²) in [6.07, 6.45) is 1.65. The molecular formula is C15H18N2O4S. The van der Waals surface area contributed by atoms with Crippen LogP contribution in [-0.4, -0.2) is 31.3 Å². The van der Waals surface area contributed by atoms with Crippen LogP contribution in [0, 0.1) is 16.7 Å². The van der Waals surface area contributed by atoms with Crippen molar-refractivity contribution in [3.05, 3.63) is 35.9 Å². The molecule has 0 unspecified atom stereocenters. The number of nitrogens with one attached hydrogen (secondary N) is 1. The van der Waals surface area contributed by atoms with Crippen molar-refractivity contribution in [3.63, 3.8) is 0 Å². The average molecular weight is 322 g/mol. The molecule has 2 N–H and O–H groups in total. The topological polar surface area (TPSA) is 107 Å². The molecule has 1 fully saturated rings. The van der Waals surface area contributed by atoms with Crippen LogP contribution >= 0.6 is 0 Å². The van der Waals surface area contributed by atoms with Crippen LogP contribution in [0.3, 0.4) is 0 Å². The number of nitriles is 1. The Kier molecular flexibility index (Phi) is 4.84. The highest BCUT2D eigenvalue weighted by Crippen LogP contribution is 2.49. The first kappa shape index (κ1) is 16.5. The number of hydrogen-bond donors (Lipinski definition) is 2. The molecule has 2 rings (SSSR count). The van der Waals surface area contributed by atoms with E-state index in [4.69, 9.17) is 5.26 Å². The number of sulfonamides is 1. The first-order valence-electron chi connectivity index (χ1n) is 7.00. The SMILES string of the molecule is N#CCC1(CS(=O)(=O)N[C@H](Cc2ccccc2)C(=O)O)CC1. The second-order valence-corrected chi connectivity index (χ2v) is 7.55. The lowest BCUT2D eigenvalue weighted by Gasteiger charge is -2.17. The number of rotatable bonds is 8. The molecule has 118 valence electrons. The first-order chi connectivity index (χ1) is 10.4. The second-order valence-electron chi connectivity index (χ2n) is 5.79. The standard InChI is InChI=1S/C15H18N2O4S/c16-9-8-15(6-7-15)11-22(20,21)17-13(14(18)19)10-12-4-2-1-3-5-12/h1-5,13,17H,6-8,10-11H2,(H,18,19)/t13-/m1/s1. The Morgan fingerprint density at radius 3 is 2.50 bits per heavy atom. The molecule has 0 aromatic heterocycles. The van der Waals surface area contributed by atoms with E-state index >= 15 is 0 Å². The van der Waals surface area contributed by atoms with Crippen molar-refractivity contribution in [2.24, 2.45) is 5.41 Å². The van der Waals surface area contributed by atoms with Crippen molar-refractivity contribution in [1.29, 1.82) is 5.26 Å². The summed E-state index contributed by atoms with van der Waals surface area (Å²) < 4.78 is 26.6. The van der Waals surface area contributed by atoms with Crippen molar-refractivity contribution in [2.75, 3.05) is 5.75 Å². The Balaban J connectivity index is 2.04. The van der Waals surface area contributed by atoms with Gasteiger partial charge in [0, 0.05) is 6.42 Å². The number of benzene rings is 1. The Labute approximate surface area is 129 Å². The summed E-state index contributed by atoms with van der Waals surface area (Å²) in [6, 6.07) is 9.65. The zero-order chi connectivity index (χ0) is 16.2. The molecule has 0 aliphatic heterocycles. The molecule has 6 nitrogen and oxygen atoms in total. The van der Waals surface area contributed by atoms with E-state index in [1.807, 2.05) is 12.1 Å². The van der Waals surface area contributed by atoms with Gasteiger partial charge in [-0.1, -0.05) is 30.3 Å². The van der Waals surface area contributed by atoms with E-state index in [2.05, 4.69) is 4.72 Å². The average Bonchev–Trinajstić information content (AvgIpc) is 3.17. The minimum absolute atomic E-state index is 0.0840. The number of carbonyl (C=O) groups is 1. The fourth-order valence-corrected chi connectivity index (χ4v) is 4.31. The highest BCUT2D eigenvalue weighted by molar-refractivity contribution is 7.89. The van der Waals surface area contributed by atoms with E-state index in [0.29, 0.717) is 12.8 Å². The Bertz CT molecular complexity index is 675. The Morgan fingerprint density at radius 2 is 2.00 bits per heavy atom. The normalized spacial score (nSPS) is 17.4. The molecule has 1 aromatic carbocycles. The van der Waals surface area contributed by atoms with Gasteiger partial charge in [0.15, 0.2) is 0 Å². The zero-order valence-electron chi connectivity index (χ0n) is 12.0. The maximum atomic E-state index is 12.2. The molecular weight excluding hydrogens is 304 g/mol. The maximum absolute atomic E-state index is 12.2. The molecule has 0 radical (unpaired) electrons. The fraction of sp³-hybridized carbons (Fsp3) is 0.467. The summed E-state index contributed by atoms with van der Waals surface area (Å²) in [5.74, 6) is -1.40. The lowest BCUT2D eigenvalue weighted by Crippen LogP contribution is -2.44. The van der Waals surface area contributed by atoms with E-state index in [1.54, 1.807) is 24.3 Å². The van der Waals surface area contributed by atoms with Gasteiger partial charge in [-0.25, -0.2) is 13.1 Å². The van der Waals surface area contributed by atoms with Gasteiger partial charge in [-0.2, -0.15) is 5.26 Å². The summed E-state index contributed by atoms with van der Waals surface area (Å²) >= 11 is 0. The molecule has 7 heteroatoms. The highest BCUT2D eigenvalue weighted by Gasteiger charge is 2.46. The van der Waals surface area contributed by atoms with Crippen LogP contribution in [0.5, 0.6) is 0 Å². The molecule has 1 aliphatic rings. The summed E-state index contributed by atoms with van der Waals surface area (Å²) in [7, 11) is -3.75. The number of nitrogens with zero attached hydrogens (tertiary/aromatic N) is 1. The van der Waals surface area contributed by atoms with E-state index in [-0.39, 0.29) is 18.6 Å². The van der Waals surface area contributed by atoms with Crippen molar-refractivity contribution in [1.82, 2.24) is 4.72 Å². The van der Waals surface area contributed by atoms with Crippen LogP contribution in [0.15, 0.2) is 30.3 Å². The fourth-order valence-electron chi connectivity index (χ4n) is 2.41. The highest BCUT2D eigenvalue weighted by atomic mass is 32.2. The van der Waals surface area contributed by atoms with E-state index in [0.717, 1.165) is 5.56 Å². The van der Waals surface area contributed by atoms with Gasteiger partial charge in [-0.3, -0.25) is 4.79 Å². The Hall–Kier alpha value is -1.91. The van der Waals surface area contributed by atoms with Crippen molar-refractivity contribution in [3.8, 4) is 6.07 Å². The molecule has 1 atom stereocenters. The molecule has 0 bridgehead atoms. The van der Waals surface area contributed by atoms with Crippen LogP contribution in [0.1, 0.15) is 24.8 Å². The van der Waals surface area contributed by atoms with Crippen LogP contribution < -0.4 is 4.72 Å². The third-order valence-electron chi connectivity index (χ3n) is 3.81. The van der Waals surface area contributed by atoms with Crippen molar-refractivity contribution < 1.29 is 18.3 Å². The molecule has 1 saturated carbocycles. The minimum atomic E-state index is -3.75. The molecule has 22 heavy (non-hydrogen) atoms. The molecule has 0 saturated heterocycles. The lowest BCUT2D eigenvalue weighted by atomic mass is 10.1. The summed E-state index contributed by atoms with van der Waals surface area (Å²) in [6.45, 7) is 0. The Morgan fingerprint density at radius 1 is 1.36 bits per heavy atom. The smallest absolute Gasteiger partial charge is 0.322 e. The van der Waals surface area contributed by atoms with Crippen molar-refractivity contribution >= 4 is 16.0 Å². The monoisotopic (exact) mass is 322 g/mol. The first-order valence-corrected chi connectivity index (χ1v) is 8.65. The zero-order valence-corrected chi connectivity index (χ0v) is 12.8. The third-order valence-corrected chi connectivity index (χ3v) is 5.45. The summed E-state index contributed by atoms with van der Waals surface area (Å²) in [5.41, 5.74) is 0.256. The molecule has 1 aromatic rings. The predicted octanol–water partition coefficient (Wildman–Crippen LogP) is 1.30. The number of carboxylic acid groups (broad SMARTS) is 1. The second kappa shape index (κ2) is 6.46. The number of hydrogen-bond acceptors (Lipinski definition) is 4.